The van der Waals surface area contributed by atoms with Crippen LogP contribution in [-0.4, -0.2) is 25.8 Å². The third-order valence-corrected chi connectivity index (χ3v) is 8.58. The summed E-state index contributed by atoms with van der Waals surface area (Å²) in [6.45, 7) is 2.26. The summed E-state index contributed by atoms with van der Waals surface area (Å²) in [6.07, 6.45) is 6.72. The molecule has 1 fully saturated rings. The topological polar surface area (TPSA) is 37.4 Å². The fraction of sp³-hybridized carbons (Fsp3) is 0.259. The Labute approximate surface area is 188 Å². The molecule has 0 radical (unpaired) electrons. The molecule has 1 aliphatic carbocycles. The van der Waals surface area contributed by atoms with Crippen molar-refractivity contribution in [1.82, 2.24) is 4.31 Å². The lowest BCUT2D eigenvalue weighted by molar-refractivity contribution is 0.370. The number of benzene rings is 3. The summed E-state index contributed by atoms with van der Waals surface area (Å²) in [5.41, 5.74) is 1.50. The number of allylic oxidation sites excluding steroid dienone is 1. The van der Waals surface area contributed by atoms with E-state index in [2.05, 4.69) is 6.08 Å². The number of rotatable bonds is 3. The predicted octanol–water partition coefficient (Wildman–Crippen LogP) is 6.26. The molecule has 1 saturated heterocycles. The average molecular weight is 448 g/mol. The number of hydrogen-bond acceptors (Lipinski definition) is 2. The molecule has 1 heterocycles. The zero-order valence-electron chi connectivity index (χ0n) is 18.1. The number of sulfonamides is 1. The summed E-state index contributed by atoms with van der Waals surface area (Å²) in [7, 11) is -3.72. The molecule has 0 aromatic heterocycles. The van der Waals surface area contributed by atoms with Crippen LogP contribution in [0.4, 0.5) is 4.39 Å². The molecule has 3 aromatic rings. The van der Waals surface area contributed by atoms with Crippen molar-refractivity contribution in [3.8, 4) is 0 Å². The molecule has 1 spiro atoms. The van der Waals surface area contributed by atoms with Crippen molar-refractivity contribution in [3.05, 3.63) is 95.6 Å². The van der Waals surface area contributed by atoms with E-state index in [0.717, 1.165) is 35.6 Å². The van der Waals surface area contributed by atoms with Crippen LogP contribution < -0.4 is 0 Å². The predicted molar refractivity (Wildman–Crippen MR) is 127 cm³/mol. The summed E-state index contributed by atoms with van der Waals surface area (Å²) in [6, 6.07) is 20.2. The first-order valence-corrected chi connectivity index (χ1v) is 12.5. The van der Waals surface area contributed by atoms with Crippen LogP contribution in [0.5, 0.6) is 0 Å². The van der Waals surface area contributed by atoms with E-state index >= 15 is 4.39 Å². The van der Waals surface area contributed by atoms with Crippen molar-refractivity contribution in [2.75, 3.05) is 13.1 Å². The smallest absolute Gasteiger partial charge is 0.207 e. The Morgan fingerprint density at radius 2 is 1.75 bits per heavy atom. The maximum atomic E-state index is 16.2. The molecule has 5 heteroatoms. The molecule has 0 bridgehead atoms. The number of halogens is 1. The van der Waals surface area contributed by atoms with Gasteiger partial charge in [-0.2, -0.15) is 4.31 Å². The van der Waals surface area contributed by atoms with Gasteiger partial charge in [0.1, 0.15) is 5.83 Å². The second-order valence-corrected chi connectivity index (χ2v) is 10.8. The van der Waals surface area contributed by atoms with Gasteiger partial charge in [0, 0.05) is 24.1 Å². The summed E-state index contributed by atoms with van der Waals surface area (Å²) >= 11 is 0. The second kappa shape index (κ2) is 7.98. The molecule has 1 atom stereocenters. The van der Waals surface area contributed by atoms with Crippen molar-refractivity contribution in [2.45, 2.75) is 31.1 Å². The molecule has 164 valence electrons. The molecular formula is C27H26FNO2S. The number of fused-ring (bicyclic) bond motifs is 1. The van der Waals surface area contributed by atoms with E-state index in [1.165, 1.54) is 4.31 Å². The van der Waals surface area contributed by atoms with Crippen LogP contribution in [0.3, 0.4) is 0 Å². The van der Waals surface area contributed by atoms with E-state index in [1.807, 2.05) is 49.4 Å². The molecule has 3 aromatic carbocycles. The molecule has 0 saturated carbocycles. The minimum Gasteiger partial charge on any atom is -0.207 e. The summed E-state index contributed by atoms with van der Waals surface area (Å²) in [4.78, 5) is 0.254. The minimum absolute atomic E-state index is 0.0651. The maximum Gasteiger partial charge on any atom is 0.243 e. The zero-order valence-corrected chi connectivity index (χ0v) is 18.9. The first kappa shape index (κ1) is 21.1. The molecule has 3 nitrogen and oxygen atoms in total. The van der Waals surface area contributed by atoms with Crippen LogP contribution in [0.2, 0.25) is 0 Å². The molecule has 5 rings (SSSR count). The number of hydrogen-bond donors (Lipinski definition) is 0. The van der Waals surface area contributed by atoms with Crippen LogP contribution in [0.1, 0.15) is 30.4 Å². The molecule has 32 heavy (non-hydrogen) atoms. The highest BCUT2D eigenvalue weighted by molar-refractivity contribution is 7.89. The fourth-order valence-electron chi connectivity index (χ4n) is 5.01. The Bertz CT molecular complexity index is 1340. The Kier molecular flexibility index (Phi) is 5.26. The molecular weight excluding hydrogens is 421 g/mol. The van der Waals surface area contributed by atoms with Crippen molar-refractivity contribution in [1.29, 1.82) is 0 Å². The molecule has 0 N–H and O–H groups in total. The average Bonchev–Trinajstić information content (AvgIpc) is 3.18. The van der Waals surface area contributed by atoms with E-state index in [4.69, 9.17) is 0 Å². The summed E-state index contributed by atoms with van der Waals surface area (Å²) in [5.74, 6) is -0.296. The lowest BCUT2D eigenvalue weighted by Crippen LogP contribution is -2.32. The lowest BCUT2D eigenvalue weighted by Gasteiger charge is -2.30. The highest BCUT2D eigenvalue weighted by Gasteiger charge is 2.47. The number of aryl methyl sites for hydroxylation is 1. The van der Waals surface area contributed by atoms with Gasteiger partial charge in [-0.15, -0.1) is 0 Å². The Hall–Kier alpha value is -2.76. The maximum absolute atomic E-state index is 16.2. The SMILES string of the molecule is Cc1ccc(S(=O)(=O)N2C/C(=C(\F)c3cccc4ccccc34)C3(C=CCCC3)C2)cc1. The molecule has 2 aliphatic rings. The van der Waals surface area contributed by atoms with E-state index < -0.39 is 15.4 Å². The molecule has 1 unspecified atom stereocenters. The highest BCUT2D eigenvalue weighted by atomic mass is 32.2. The van der Waals surface area contributed by atoms with Crippen molar-refractivity contribution < 1.29 is 12.8 Å². The largest absolute Gasteiger partial charge is 0.243 e. The molecule has 0 amide bonds. The van der Waals surface area contributed by atoms with E-state index in [0.29, 0.717) is 11.1 Å². The summed E-state index contributed by atoms with van der Waals surface area (Å²) in [5, 5.41) is 1.81. The van der Waals surface area contributed by atoms with Gasteiger partial charge >= 0.3 is 0 Å². The summed E-state index contributed by atoms with van der Waals surface area (Å²) < 4.78 is 44.6. The van der Waals surface area contributed by atoms with Gasteiger partial charge in [0.05, 0.1) is 4.90 Å². The van der Waals surface area contributed by atoms with Crippen LogP contribution in [0, 0.1) is 12.3 Å². The lowest BCUT2D eigenvalue weighted by atomic mass is 9.74. The highest BCUT2D eigenvalue weighted by Crippen LogP contribution is 2.49. The Morgan fingerprint density at radius 3 is 2.50 bits per heavy atom. The second-order valence-electron chi connectivity index (χ2n) is 8.86. The minimum atomic E-state index is -3.72. The Balaban J connectivity index is 1.64. The van der Waals surface area contributed by atoms with Gasteiger partial charge < -0.3 is 0 Å². The third kappa shape index (κ3) is 3.50. The fourth-order valence-corrected chi connectivity index (χ4v) is 6.48. The van der Waals surface area contributed by atoms with E-state index in [1.54, 1.807) is 30.3 Å². The van der Waals surface area contributed by atoms with Crippen LogP contribution in [0.15, 0.2) is 89.4 Å². The first-order chi connectivity index (χ1) is 15.4. The van der Waals surface area contributed by atoms with Crippen molar-refractivity contribution in [3.63, 3.8) is 0 Å². The van der Waals surface area contributed by atoms with Crippen molar-refractivity contribution >= 4 is 26.6 Å². The van der Waals surface area contributed by atoms with Gasteiger partial charge in [0.25, 0.3) is 0 Å². The van der Waals surface area contributed by atoms with Gasteiger partial charge in [0.2, 0.25) is 10.0 Å². The van der Waals surface area contributed by atoms with Crippen molar-refractivity contribution in [2.24, 2.45) is 5.41 Å². The van der Waals surface area contributed by atoms with Gasteiger partial charge in [-0.1, -0.05) is 72.3 Å². The van der Waals surface area contributed by atoms with Crippen LogP contribution in [0.25, 0.3) is 16.6 Å². The van der Waals surface area contributed by atoms with Gasteiger partial charge in [-0.25, -0.2) is 12.8 Å². The Morgan fingerprint density at radius 1 is 1.00 bits per heavy atom. The third-order valence-electron chi connectivity index (χ3n) is 6.77. The molecule has 1 aliphatic heterocycles. The van der Waals surface area contributed by atoms with Gasteiger partial charge in [-0.3, -0.25) is 0 Å². The van der Waals surface area contributed by atoms with Gasteiger partial charge in [-0.05, 0) is 54.7 Å². The van der Waals surface area contributed by atoms with Gasteiger partial charge in [0.15, 0.2) is 0 Å². The van der Waals surface area contributed by atoms with E-state index in [-0.39, 0.29) is 23.8 Å². The number of nitrogens with zero attached hydrogens (tertiary/aromatic N) is 1. The van der Waals surface area contributed by atoms with E-state index in [9.17, 15) is 8.42 Å². The zero-order chi connectivity index (χ0) is 22.3. The standard InChI is InChI=1S/C27H26FNO2S/c1-20-12-14-22(15-13-20)32(30,31)29-18-25(27(19-29)16-5-2-6-17-27)26(28)24-11-7-9-21-8-3-4-10-23(21)24/h3-5,7-16H,2,6,17-19H2,1H3/b26-25+. The monoisotopic (exact) mass is 447 g/mol. The van der Waals surface area contributed by atoms with Crippen LogP contribution >= 0.6 is 0 Å². The normalized spacial score (nSPS) is 23.2. The first-order valence-electron chi connectivity index (χ1n) is 11.0. The quantitative estimate of drug-likeness (QED) is 0.445. The van der Waals surface area contributed by atoms with Crippen LogP contribution in [-0.2, 0) is 10.0 Å².